The number of aromatic nitrogens is 2. The molecule has 0 saturated heterocycles. The third-order valence-electron chi connectivity index (χ3n) is 7.35. The molecule has 0 radical (unpaired) electrons. The lowest BCUT2D eigenvalue weighted by atomic mass is 9.98. The highest BCUT2D eigenvalue weighted by Crippen LogP contribution is 2.28. The molecule has 2 atom stereocenters. The first-order chi connectivity index (χ1) is 20.1. The van der Waals surface area contributed by atoms with Crippen LogP contribution in [0.15, 0.2) is 71.5 Å². The van der Waals surface area contributed by atoms with E-state index in [1.165, 1.54) is 22.8 Å². The fraction of sp³-hybridized carbons (Fsp3) is 0.226. The molecule has 0 unspecified atom stereocenters. The summed E-state index contributed by atoms with van der Waals surface area (Å²) in [4.78, 5) is 46.1. The quantitative estimate of drug-likeness (QED) is 0.289. The van der Waals surface area contributed by atoms with Crippen molar-refractivity contribution in [3.8, 4) is 5.69 Å². The third-order valence-corrected chi connectivity index (χ3v) is 8.09. The van der Waals surface area contributed by atoms with Crippen molar-refractivity contribution in [3.63, 3.8) is 0 Å². The molecule has 42 heavy (non-hydrogen) atoms. The van der Waals surface area contributed by atoms with Crippen LogP contribution >= 0.6 is 23.2 Å². The van der Waals surface area contributed by atoms with Crippen molar-refractivity contribution in [2.24, 2.45) is 0 Å². The molecule has 11 heteroatoms. The number of nitrogens with zero attached hydrogens (tertiary/aromatic N) is 3. The Hall–Kier alpha value is -4.21. The van der Waals surface area contributed by atoms with E-state index in [0.29, 0.717) is 38.7 Å². The zero-order chi connectivity index (χ0) is 30.1. The molecule has 2 N–H and O–H groups in total. The summed E-state index contributed by atoms with van der Waals surface area (Å²) in [5, 5.41) is 6.46. The molecule has 0 bridgehead atoms. The Balaban J connectivity index is 1.58. The van der Waals surface area contributed by atoms with E-state index in [1.807, 2.05) is 13.8 Å². The smallest absolute Gasteiger partial charge is 0.263 e. The number of halogens is 3. The standard InChI is InChI=1S/C31H28Cl2FN5O3/c1-17-13-24-27(16-38(17)29(41)21-9-12-25(32)26(33)15-21)37-31(36-18(2)20-5-4-6-22(34)14-20)39(30(24)42)23-10-7-19(8-11-23)28(40)35-3/h4-12,14-15,17-18H,13,16H2,1-3H3,(H,35,40)(H,36,37)/t17-,18+/m1/s1. The number of hydrogen-bond acceptors (Lipinski definition) is 5. The number of nitrogens with one attached hydrogen (secondary N) is 2. The van der Waals surface area contributed by atoms with Gasteiger partial charge < -0.3 is 15.5 Å². The van der Waals surface area contributed by atoms with Gasteiger partial charge in [-0.15, -0.1) is 0 Å². The van der Waals surface area contributed by atoms with Crippen LogP contribution in [0, 0.1) is 5.82 Å². The van der Waals surface area contributed by atoms with E-state index in [1.54, 1.807) is 60.5 Å². The minimum atomic E-state index is -0.418. The maximum absolute atomic E-state index is 14.1. The Labute approximate surface area is 252 Å². The van der Waals surface area contributed by atoms with E-state index in [4.69, 9.17) is 28.2 Å². The number of benzene rings is 3. The molecule has 8 nitrogen and oxygen atoms in total. The molecule has 2 amide bonds. The van der Waals surface area contributed by atoms with Crippen molar-refractivity contribution in [1.29, 1.82) is 0 Å². The SMILES string of the molecule is CNC(=O)c1ccc(-n2c(N[C@@H](C)c3cccc(F)c3)nc3c(c2=O)C[C@@H](C)N(C(=O)c2ccc(Cl)c(Cl)c2)C3)cc1. The number of amides is 2. The summed E-state index contributed by atoms with van der Waals surface area (Å²) in [5.74, 6) is -0.673. The number of anilines is 1. The second kappa shape index (κ2) is 12.0. The van der Waals surface area contributed by atoms with Gasteiger partial charge in [0.2, 0.25) is 5.95 Å². The van der Waals surface area contributed by atoms with Crippen LogP contribution in [0.25, 0.3) is 5.69 Å². The van der Waals surface area contributed by atoms with E-state index < -0.39 is 6.04 Å². The lowest BCUT2D eigenvalue weighted by Crippen LogP contribution is -2.46. The monoisotopic (exact) mass is 607 g/mol. The van der Waals surface area contributed by atoms with Gasteiger partial charge in [-0.25, -0.2) is 13.9 Å². The van der Waals surface area contributed by atoms with Crippen molar-refractivity contribution < 1.29 is 14.0 Å². The van der Waals surface area contributed by atoms with Gasteiger partial charge in [-0.2, -0.15) is 0 Å². The van der Waals surface area contributed by atoms with E-state index in [9.17, 15) is 18.8 Å². The average Bonchev–Trinajstić information content (AvgIpc) is 2.98. The predicted octanol–water partition coefficient (Wildman–Crippen LogP) is 5.80. The average molecular weight is 609 g/mol. The topological polar surface area (TPSA) is 96.3 Å². The summed E-state index contributed by atoms with van der Waals surface area (Å²) in [5.41, 5.74) is 2.62. The van der Waals surface area contributed by atoms with Gasteiger partial charge in [-0.1, -0.05) is 35.3 Å². The van der Waals surface area contributed by atoms with Crippen molar-refractivity contribution in [2.45, 2.75) is 38.9 Å². The van der Waals surface area contributed by atoms with E-state index >= 15 is 0 Å². The molecule has 0 spiro atoms. The summed E-state index contributed by atoms with van der Waals surface area (Å²) in [6, 6.07) is 16.7. The van der Waals surface area contributed by atoms with Gasteiger partial charge in [0.25, 0.3) is 17.4 Å². The number of fused-ring (bicyclic) bond motifs is 1. The minimum Gasteiger partial charge on any atom is -0.355 e. The highest BCUT2D eigenvalue weighted by atomic mass is 35.5. The Morgan fingerprint density at radius 3 is 2.40 bits per heavy atom. The largest absolute Gasteiger partial charge is 0.355 e. The minimum absolute atomic E-state index is 0.101. The van der Waals surface area contributed by atoms with E-state index in [0.717, 1.165) is 0 Å². The normalized spacial score (nSPS) is 15.1. The fourth-order valence-corrected chi connectivity index (χ4v) is 5.32. The third kappa shape index (κ3) is 5.75. The highest BCUT2D eigenvalue weighted by molar-refractivity contribution is 6.42. The van der Waals surface area contributed by atoms with Crippen LogP contribution < -0.4 is 16.2 Å². The second-order valence-electron chi connectivity index (χ2n) is 10.2. The maximum atomic E-state index is 14.1. The predicted molar refractivity (Wildman–Crippen MR) is 161 cm³/mol. The van der Waals surface area contributed by atoms with Crippen LogP contribution in [0.3, 0.4) is 0 Å². The first-order valence-corrected chi connectivity index (χ1v) is 14.1. The Kier molecular flexibility index (Phi) is 8.34. The van der Waals surface area contributed by atoms with Gasteiger partial charge in [-0.3, -0.25) is 14.4 Å². The van der Waals surface area contributed by atoms with Gasteiger partial charge in [0, 0.05) is 29.8 Å². The van der Waals surface area contributed by atoms with Gasteiger partial charge in [0.15, 0.2) is 0 Å². The molecule has 2 heterocycles. The van der Waals surface area contributed by atoms with E-state index in [-0.39, 0.29) is 53.2 Å². The van der Waals surface area contributed by atoms with Crippen molar-refractivity contribution in [2.75, 3.05) is 12.4 Å². The summed E-state index contributed by atoms with van der Waals surface area (Å²) in [7, 11) is 1.54. The molecule has 5 rings (SSSR count). The van der Waals surface area contributed by atoms with Crippen LogP contribution in [0.4, 0.5) is 10.3 Å². The zero-order valence-electron chi connectivity index (χ0n) is 23.1. The molecule has 216 valence electrons. The van der Waals surface area contributed by atoms with Crippen molar-refractivity contribution in [1.82, 2.24) is 19.8 Å². The van der Waals surface area contributed by atoms with Crippen molar-refractivity contribution >= 4 is 41.0 Å². The first kappa shape index (κ1) is 29.3. The Bertz CT molecular complexity index is 1740. The van der Waals surface area contributed by atoms with Crippen LogP contribution in [-0.4, -0.2) is 39.4 Å². The second-order valence-corrected chi connectivity index (χ2v) is 11.0. The maximum Gasteiger partial charge on any atom is 0.263 e. The molecule has 1 aromatic heterocycles. The number of rotatable bonds is 6. The lowest BCUT2D eigenvalue weighted by Gasteiger charge is -2.35. The summed E-state index contributed by atoms with van der Waals surface area (Å²) in [6.45, 7) is 3.81. The summed E-state index contributed by atoms with van der Waals surface area (Å²) in [6.07, 6.45) is 0.282. The van der Waals surface area contributed by atoms with Crippen LogP contribution in [0.5, 0.6) is 0 Å². The van der Waals surface area contributed by atoms with Gasteiger partial charge in [0.05, 0.1) is 34.0 Å². The molecule has 0 aliphatic carbocycles. The summed E-state index contributed by atoms with van der Waals surface area (Å²) >= 11 is 12.2. The molecular formula is C31H28Cl2FN5O3. The number of carbonyl (C=O) groups is 2. The van der Waals surface area contributed by atoms with Crippen LogP contribution in [0.1, 0.15) is 57.4 Å². The van der Waals surface area contributed by atoms with Gasteiger partial charge in [0.1, 0.15) is 5.82 Å². The Morgan fingerprint density at radius 1 is 1.02 bits per heavy atom. The summed E-state index contributed by atoms with van der Waals surface area (Å²) < 4.78 is 15.4. The van der Waals surface area contributed by atoms with Crippen LogP contribution in [-0.2, 0) is 13.0 Å². The van der Waals surface area contributed by atoms with Crippen LogP contribution in [0.2, 0.25) is 10.0 Å². The molecular weight excluding hydrogens is 580 g/mol. The molecule has 0 saturated carbocycles. The van der Waals surface area contributed by atoms with Gasteiger partial charge >= 0.3 is 0 Å². The number of carbonyl (C=O) groups excluding carboxylic acids is 2. The molecule has 1 aliphatic rings. The molecule has 4 aromatic rings. The molecule has 0 fully saturated rings. The first-order valence-electron chi connectivity index (χ1n) is 13.3. The number of hydrogen-bond donors (Lipinski definition) is 2. The zero-order valence-corrected chi connectivity index (χ0v) is 24.6. The lowest BCUT2D eigenvalue weighted by molar-refractivity contribution is 0.0653. The molecule has 3 aromatic carbocycles. The van der Waals surface area contributed by atoms with Gasteiger partial charge in [-0.05, 0) is 80.4 Å². The molecule has 1 aliphatic heterocycles. The highest BCUT2D eigenvalue weighted by Gasteiger charge is 2.32. The Morgan fingerprint density at radius 2 is 1.74 bits per heavy atom. The van der Waals surface area contributed by atoms with Crippen molar-refractivity contribution in [3.05, 3.63) is 121 Å². The fourth-order valence-electron chi connectivity index (χ4n) is 5.02. The van der Waals surface area contributed by atoms with E-state index in [2.05, 4.69) is 10.6 Å².